The molecule has 2 fully saturated rings. The highest BCUT2D eigenvalue weighted by Crippen LogP contribution is 2.37. The smallest absolute Gasteiger partial charge is 0.315 e. The Balaban J connectivity index is 1.72. The molecule has 0 aromatic rings. The Bertz CT molecular complexity index is 319. The van der Waals surface area contributed by atoms with Gasteiger partial charge in [-0.1, -0.05) is 6.42 Å². The molecule has 0 bridgehead atoms. The SMILES string of the molecule is CC(C)(C)NC(=O)NC[C@H]1COC2(CCCCC2)O1. The number of carbonyl (C=O) groups is 1. The molecule has 0 aromatic carbocycles. The van der Waals surface area contributed by atoms with Crippen LogP contribution in [0, 0.1) is 0 Å². The zero-order valence-corrected chi connectivity index (χ0v) is 12.3. The fraction of sp³-hybridized carbons (Fsp3) is 0.929. The zero-order chi connectivity index (χ0) is 13.9. The third kappa shape index (κ3) is 4.35. The minimum Gasteiger partial charge on any atom is -0.347 e. The van der Waals surface area contributed by atoms with Crippen molar-refractivity contribution in [2.75, 3.05) is 13.2 Å². The van der Waals surface area contributed by atoms with Crippen molar-refractivity contribution in [3.63, 3.8) is 0 Å². The van der Waals surface area contributed by atoms with Gasteiger partial charge in [0.05, 0.1) is 6.61 Å². The van der Waals surface area contributed by atoms with Gasteiger partial charge in [0.25, 0.3) is 0 Å². The second-order valence-corrected chi connectivity index (χ2v) is 6.61. The van der Waals surface area contributed by atoms with Crippen LogP contribution in [0.25, 0.3) is 0 Å². The summed E-state index contributed by atoms with van der Waals surface area (Å²) in [6, 6.07) is -0.152. The Morgan fingerprint density at radius 1 is 1.26 bits per heavy atom. The largest absolute Gasteiger partial charge is 0.347 e. The monoisotopic (exact) mass is 270 g/mol. The van der Waals surface area contributed by atoms with E-state index in [1.165, 1.54) is 19.3 Å². The molecule has 0 radical (unpaired) electrons. The lowest BCUT2D eigenvalue weighted by atomic mass is 9.94. The van der Waals surface area contributed by atoms with Gasteiger partial charge in [-0.15, -0.1) is 0 Å². The number of carbonyl (C=O) groups excluding carboxylic acids is 1. The van der Waals surface area contributed by atoms with E-state index in [1.54, 1.807) is 0 Å². The van der Waals surface area contributed by atoms with Crippen LogP contribution in [0.1, 0.15) is 52.9 Å². The molecule has 0 aromatic heterocycles. The zero-order valence-electron chi connectivity index (χ0n) is 12.3. The molecule has 1 atom stereocenters. The number of urea groups is 1. The first kappa shape index (κ1) is 14.6. The Labute approximate surface area is 115 Å². The van der Waals surface area contributed by atoms with Crippen molar-refractivity contribution in [1.82, 2.24) is 10.6 Å². The van der Waals surface area contributed by atoms with Crippen LogP contribution in [0.3, 0.4) is 0 Å². The standard InChI is InChI=1S/C14H26N2O3/c1-13(2,3)16-12(17)15-9-11-10-18-14(19-11)7-5-4-6-8-14/h11H,4-10H2,1-3H3,(H2,15,16,17)/t11-/m0/s1. The molecule has 1 aliphatic heterocycles. The van der Waals surface area contributed by atoms with E-state index in [0.717, 1.165) is 12.8 Å². The predicted molar refractivity (Wildman–Crippen MR) is 72.9 cm³/mol. The van der Waals surface area contributed by atoms with Gasteiger partial charge in [0.2, 0.25) is 0 Å². The molecule has 1 aliphatic carbocycles. The second-order valence-electron chi connectivity index (χ2n) is 6.61. The van der Waals surface area contributed by atoms with Gasteiger partial charge < -0.3 is 20.1 Å². The molecular weight excluding hydrogens is 244 g/mol. The molecule has 5 nitrogen and oxygen atoms in total. The van der Waals surface area contributed by atoms with Crippen molar-refractivity contribution >= 4 is 6.03 Å². The molecular formula is C14H26N2O3. The summed E-state index contributed by atoms with van der Waals surface area (Å²) < 4.78 is 11.8. The van der Waals surface area contributed by atoms with Crippen LogP contribution in [0.15, 0.2) is 0 Å². The number of nitrogens with one attached hydrogen (secondary N) is 2. The number of amides is 2. The van der Waals surface area contributed by atoms with E-state index in [4.69, 9.17) is 9.47 Å². The van der Waals surface area contributed by atoms with Crippen molar-refractivity contribution < 1.29 is 14.3 Å². The molecule has 1 saturated heterocycles. The molecule has 1 spiro atoms. The summed E-state index contributed by atoms with van der Waals surface area (Å²) in [5, 5.41) is 5.72. The van der Waals surface area contributed by atoms with Crippen LogP contribution in [0.5, 0.6) is 0 Å². The lowest BCUT2D eigenvalue weighted by Crippen LogP contribution is -2.48. The molecule has 2 rings (SSSR count). The molecule has 2 aliphatic rings. The third-order valence-electron chi connectivity index (χ3n) is 3.51. The maximum absolute atomic E-state index is 11.7. The van der Waals surface area contributed by atoms with Crippen molar-refractivity contribution in [2.45, 2.75) is 70.3 Å². The van der Waals surface area contributed by atoms with E-state index in [1.807, 2.05) is 20.8 Å². The molecule has 1 heterocycles. The molecule has 1 saturated carbocycles. The van der Waals surface area contributed by atoms with Gasteiger partial charge in [-0.25, -0.2) is 4.79 Å². The summed E-state index contributed by atoms with van der Waals surface area (Å²) in [5.74, 6) is -0.356. The van der Waals surface area contributed by atoms with Crippen LogP contribution in [-0.4, -0.2) is 36.6 Å². The van der Waals surface area contributed by atoms with E-state index in [-0.39, 0.29) is 23.5 Å². The summed E-state index contributed by atoms with van der Waals surface area (Å²) in [4.78, 5) is 11.7. The highest BCUT2D eigenvalue weighted by Gasteiger charge is 2.42. The molecule has 0 unspecified atom stereocenters. The quantitative estimate of drug-likeness (QED) is 0.808. The topological polar surface area (TPSA) is 59.6 Å². The molecule has 2 N–H and O–H groups in total. The fourth-order valence-electron chi connectivity index (χ4n) is 2.66. The number of ether oxygens (including phenoxy) is 2. The van der Waals surface area contributed by atoms with Crippen molar-refractivity contribution in [1.29, 1.82) is 0 Å². The van der Waals surface area contributed by atoms with E-state index >= 15 is 0 Å². The van der Waals surface area contributed by atoms with Gasteiger partial charge in [-0.2, -0.15) is 0 Å². The average molecular weight is 270 g/mol. The lowest BCUT2D eigenvalue weighted by molar-refractivity contribution is -0.186. The van der Waals surface area contributed by atoms with Crippen LogP contribution in [0.4, 0.5) is 4.79 Å². The summed E-state index contributed by atoms with van der Waals surface area (Å²) in [5.41, 5.74) is -0.221. The summed E-state index contributed by atoms with van der Waals surface area (Å²) in [7, 11) is 0. The van der Waals surface area contributed by atoms with Gasteiger partial charge in [-0.3, -0.25) is 0 Å². The Kier molecular flexibility index (Phi) is 4.36. The predicted octanol–water partition coefficient (Wildman–Crippen LogP) is 2.16. The molecule has 19 heavy (non-hydrogen) atoms. The summed E-state index contributed by atoms with van der Waals surface area (Å²) >= 11 is 0. The minimum absolute atomic E-state index is 0.0242. The minimum atomic E-state index is -0.356. The number of rotatable bonds is 2. The second kappa shape index (κ2) is 5.67. The average Bonchev–Trinajstić information content (AvgIpc) is 2.69. The first-order valence-electron chi connectivity index (χ1n) is 7.26. The molecule has 5 heteroatoms. The number of hydrogen-bond acceptors (Lipinski definition) is 3. The Morgan fingerprint density at radius 3 is 2.58 bits per heavy atom. The van der Waals surface area contributed by atoms with E-state index in [9.17, 15) is 4.79 Å². The maximum Gasteiger partial charge on any atom is 0.315 e. The van der Waals surface area contributed by atoms with Gasteiger partial charge in [0, 0.05) is 24.9 Å². The van der Waals surface area contributed by atoms with E-state index in [2.05, 4.69) is 10.6 Å². The Morgan fingerprint density at radius 2 is 1.95 bits per heavy atom. The number of hydrogen-bond donors (Lipinski definition) is 2. The van der Waals surface area contributed by atoms with Crippen molar-refractivity contribution in [3.8, 4) is 0 Å². The normalized spacial score (nSPS) is 26.4. The highest BCUT2D eigenvalue weighted by atomic mass is 16.7. The maximum atomic E-state index is 11.7. The lowest BCUT2D eigenvalue weighted by Gasteiger charge is -2.31. The van der Waals surface area contributed by atoms with Gasteiger partial charge >= 0.3 is 6.03 Å². The first-order chi connectivity index (χ1) is 8.89. The van der Waals surface area contributed by atoms with Gasteiger partial charge in [0.15, 0.2) is 5.79 Å². The van der Waals surface area contributed by atoms with Gasteiger partial charge in [-0.05, 0) is 33.6 Å². The first-order valence-corrected chi connectivity index (χ1v) is 7.26. The third-order valence-corrected chi connectivity index (χ3v) is 3.51. The van der Waals surface area contributed by atoms with Crippen LogP contribution in [-0.2, 0) is 9.47 Å². The van der Waals surface area contributed by atoms with Crippen LogP contribution >= 0.6 is 0 Å². The Hall–Kier alpha value is -0.810. The van der Waals surface area contributed by atoms with Crippen molar-refractivity contribution in [3.05, 3.63) is 0 Å². The highest BCUT2D eigenvalue weighted by molar-refractivity contribution is 5.74. The van der Waals surface area contributed by atoms with E-state index in [0.29, 0.717) is 13.2 Å². The molecule has 110 valence electrons. The van der Waals surface area contributed by atoms with Crippen LogP contribution < -0.4 is 10.6 Å². The summed E-state index contributed by atoms with van der Waals surface area (Å²) in [6.45, 7) is 6.95. The van der Waals surface area contributed by atoms with E-state index < -0.39 is 0 Å². The van der Waals surface area contributed by atoms with Crippen LogP contribution in [0.2, 0.25) is 0 Å². The summed E-state index contributed by atoms with van der Waals surface area (Å²) in [6.07, 6.45) is 5.56. The fourth-order valence-corrected chi connectivity index (χ4v) is 2.66. The van der Waals surface area contributed by atoms with Crippen molar-refractivity contribution in [2.24, 2.45) is 0 Å². The van der Waals surface area contributed by atoms with Gasteiger partial charge in [0.1, 0.15) is 6.10 Å². The molecule has 2 amide bonds.